The highest BCUT2D eigenvalue weighted by atomic mass is 32.2. The van der Waals surface area contributed by atoms with Crippen molar-refractivity contribution in [1.29, 1.82) is 0 Å². The Morgan fingerprint density at radius 2 is 1.76 bits per heavy atom. The highest BCUT2D eigenvalue weighted by Crippen LogP contribution is 2.35. The summed E-state index contributed by atoms with van der Waals surface area (Å²) in [7, 11) is -1.98. The van der Waals surface area contributed by atoms with E-state index < -0.39 is 21.8 Å². The molecule has 7 nitrogen and oxygen atoms in total. The number of halogens is 3. The fourth-order valence-electron chi connectivity index (χ4n) is 3.91. The predicted molar refractivity (Wildman–Crippen MR) is 123 cm³/mol. The van der Waals surface area contributed by atoms with E-state index in [9.17, 15) is 21.6 Å². The number of hydrogen-bond donors (Lipinski definition) is 1. The van der Waals surface area contributed by atoms with Crippen LogP contribution in [0.5, 0.6) is 0 Å². The first-order valence-electron chi connectivity index (χ1n) is 10.2. The Kier molecular flexibility index (Phi) is 5.08. The molecule has 0 atom stereocenters. The van der Waals surface area contributed by atoms with Crippen LogP contribution < -0.4 is 4.72 Å². The minimum absolute atomic E-state index is 0.277. The van der Waals surface area contributed by atoms with Crippen LogP contribution >= 0.6 is 0 Å². The fraction of sp³-hybridized carbons (Fsp3) is 0.130. The first kappa shape index (κ1) is 22.0. The first-order chi connectivity index (χ1) is 16.1. The van der Waals surface area contributed by atoms with E-state index in [1.807, 2.05) is 0 Å². The zero-order valence-electron chi connectivity index (χ0n) is 17.8. The number of benzene rings is 2. The molecule has 1 N–H and O–H groups in total. The molecule has 0 saturated carbocycles. The first-order valence-corrected chi connectivity index (χ1v) is 11.8. The summed E-state index contributed by atoms with van der Waals surface area (Å²) in [6, 6.07) is 14.9. The van der Waals surface area contributed by atoms with Crippen molar-refractivity contribution >= 4 is 37.6 Å². The molecule has 2 aromatic carbocycles. The molecule has 0 aliphatic carbocycles. The number of nitrogens with one attached hydrogen (secondary N) is 1. The predicted octanol–water partition coefficient (Wildman–Crippen LogP) is 4.87. The van der Waals surface area contributed by atoms with Gasteiger partial charge in [0.05, 0.1) is 16.8 Å². The van der Waals surface area contributed by atoms with Gasteiger partial charge in [-0.15, -0.1) is 0 Å². The van der Waals surface area contributed by atoms with E-state index in [1.54, 1.807) is 58.9 Å². The van der Waals surface area contributed by atoms with Crippen molar-refractivity contribution in [3.8, 4) is 5.69 Å². The summed E-state index contributed by atoms with van der Waals surface area (Å²) in [4.78, 5) is 4.05. The number of sulfonamides is 1. The molecule has 0 aliphatic heterocycles. The lowest BCUT2D eigenvalue weighted by molar-refractivity contribution is -0.137. The van der Waals surface area contributed by atoms with Crippen molar-refractivity contribution in [1.82, 2.24) is 19.3 Å². The van der Waals surface area contributed by atoms with Crippen LogP contribution in [0, 0.1) is 0 Å². The molecule has 5 rings (SSSR count). The average Bonchev–Trinajstić information content (AvgIpc) is 3.28. The lowest BCUT2D eigenvalue weighted by atomic mass is 10.2. The van der Waals surface area contributed by atoms with E-state index in [1.165, 1.54) is 18.3 Å². The third kappa shape index (κ3) is 4.10. The van der Waals surface area contributed by atoms with Gasteiger partial charge in [0.25, 0.3) is 0 Å². The van der Waals surface area contributed by atoms with Gasteiger partial charge in [0.2, 0.25) is 10.0 Å². The molecular weight excluding hydrogens is 467 g/mol. The average molecular weight is 485 g/mol. The van der Waals surface area contributed by atoms with Crippen molar-refractivity contribution in [2.75, 3.05) is 4.72 Å². The molecule has 0 radical (unpaired) electrons. The second-order valence-corrected chi connectivity index (χ2v) is 9.56. The lowest BCUT2D eigenvalue weighted by Gasteiger charge is -2.11. The molecule has 5 aromatic rings. The monoisotopic (exact) mass is 485 g/mol. The third-order valence-electron chi connectivity index (χ3n) is 5.34. The Labute approximate surface area is 192 Å². The molecule has 34 heavy (non-hydrogen) atoms. The van der Waals surface area contributed by atoms with Gasteiger partial charge in [-0.2, -0.15) is 18.3 Å². The van der Waals surface area contributed by atoms with Crippen LogP contribution in [-0.4, -0.2) is 27.7 Å². The zero-order chi connectivity index (χ0) is 24.1. The molecular formula is C23H18F3N5O2S. The van der Waals surface area contributed by atoms with Crippen molar-refractivity contribution in [3.05, 3.63) is 84.3 Å². The number of anilines is 1. The van der Waals surface area contributed by atoms with E-state index >= 15 is 0 Å². The highest BCUT2D eigenvalue weighted by molar-refractivity contribution is 7.91. The van der Waals surface area contributed by atoms with Crippen LogP contribution in [0.3, 0.4) is 0 Å². The third-order valence-corrected chi connectivity index (χ3v) is 6.56. The normalized spacial score (nSPS) is 12.5. The SMILES string of the molecule is Cn1cc2c3cc(NS(=O)(=O)Cc4ccccn4)ccc3n(-c3ccc(C(F)(F)F)cc3)c2n1. The van der Waals surface area contributed by atoms with Crippen molar-refractivity contribution in [2.45, 2.75) is 11.9 Å². The number of fused-ring (bicyclic) bond motifs is 3. The Bertz CT molecular complexity index is 1610. The van der Waals surface area contributed by atoms with Gasteiger partial charge in [-0.25, -0.2) is 8.42 Å². The van der Waals surface area contributed by atoms with Crippen LogP contribution in [-0.2, 0) is 29.0 Å². The minimum atomic E-state index is -4.43. The molecule has 174 valence electrons. The molecule has 0 saturated heterocycles. The quantitative estimate of drug-likeness (QED) is 0.385. The number of pyridine rings is 1. The van der Waals surface area contributed by atoms with Gasteiger partial charge in [0, 0.05) is 41.6 Å². The van der Waals surface area contributed by atoms with E-state index in [0.29, 0.717) is 33.6 Å². The van der Waals surface area contributed by atoms with Gasteiger partial charge in [0.15, 0.2) is 5.65 Å². The van der Waals surface area contributed by atoms with Crippen molar-refractivity contribution in [2.24, 2.45) is 7.05 Å². The number of alkyl halides is 3. The van der Waals surface area contributed by atoms with E-state index in [0.717, 1.165) is 17.5 Å². The largest absolute Gasteiger partial charge is 0.416 e. The number of aryl methyl sites for hydroxylation is 1. The van der Waals surface area contributed by atoms with Gasteiger partial charge in [-0.1, -0.05) is 6.07 Å². The maximum absolute atomic E-state index is 13.0. The number of aromatic nitrogens is 4. The molecule has 0 fully saturated rings. The summed E-state index contributed by atoms with van der Waals surface area (Å²) in [5, 5.41) is 5.92. The maximum Gasteiger partial charge on any atom is 0.416 e. The highest BCUT2D eigenvalue weighted by Gasteiger charge is 2.30. The van der Waals surface area contributed by atoms with Crippen molar-refractivity contribution in [3.63, 3.8) is 0 Å². The Hall–Kier alpha value is -3.86. The van der Waals surface area contributed by atoms with Crippen LogP contribution in [0.2, 0.25) is 0 Å². The van der Waals surface area contributed by atoms with Gasteiger partial charge >= 0.3 is 6.18 Å². The van der Waals surface area contributed by atoms with Gasteiger partial charge in [-0.3, -0.25) is 19.0 Å². The van der Waals surface area contributed by atoms with E-state index in [2.05, 4.69) is 14.8 Å². The molecule has 0 spiro atoms. The summed E-state index contributed by atoms with van der Waals surface area (Å²) in [6.07, 6.45) is -1.12. The van der Waals surface area contributed by atoms with E-state index in [4.69, 9.17) is 0 Å². The summed E-state index contributed by atoms with van der Waals surface area (Å²) >= 11 is 0. The van der Waals surface area contributed by atoms with Gasteiger partial charge < -0.3 is 0 Å². The smallest absolute Gasteiger partial charge is 0.292 e. The van der Waals surface area contributed by atoms with Crippen LogP contribution in [0.25, 0.3) is 27.6 Å². The lowest BCUT2D eigenvalue weighted by Crippen LogP contribution is -2.15. The molecule has 3 heterocycles. The van der Waals surface area contributed by atoms with E-state index in [-0.39, 0.29) is 5.75 Å². The van der Waals surface area contributed by atoms with Crippen LogP contribution in [0.1, 0.15) is 11.3 Å². The zero-order valence-corrected chi connectivity index (χ0v) is 18.6. The molecule has 11 heteroatoms. The summed E-state index contributed by atoms with van der Waals surface area (Å²) in [5.41, 5.74) is 1.78. The minimum Gasteiger partial charge on any atom is -0.292 e. The summed E-state index contributed by atoms with van der Waals surface area (Å²) in [6.45, 7) is 0. The second-order valence-electron chi connectivity index (χ2n) is 7.83. The van der Waals surface area contributed by atoms with Crippen LogP contribution in [0.4, 0.5) is 18.9 Å². The Morgan fingerprint density at radius 3 is 2.44 bits per heavy atom. The number of nitrogens with zero attached hydrogens (tertiary/aromatic N) is 4. The topological polar surface area (TPSA) is 81.8 Å². The van der Waals surface area contributed by atoms with Crippen molar-refractivity contribution < 1.29 is 21.6 Å². The molecule has 3 aromatic heterocycles. The second kappa shape index (κ2) is 7.87. The van der Waals surface area contributed by atoms with Crippen LogP contribution in [0.15, 0.2) is 73.1 Å². The molecule has 0 unspecified atom stereocenters. The standard InChI is InChI=1S/C23H18F3N5O2S/c1-30-13-20-19-12-16(29-34(32,33)14-17-4-2-3-11-27-17)7-10-21(19)31(22(20)28-30)18-8-5-15(6-9-18)23(24,25)26/h2-13,29H,14H2,1H3. The Balaban J connectivity index is 1.57. The maximum atomic E-state index is 13.0. The number of rotatable bonds is 5. The Morgan fingerprint density at radius 1 is 1.00 bits per heavy atom. The van der Waals surface area contributed by atoms with Gasteiger partial charge in [-0.05, 0) is 54.6 Å². The number of hydrogen-bond acceptors (Lipinski definition) is 4. The summed E-state index contributed by atoms with van der Waals surface area (Å²) < 4.78 is 70.2. The molecule has 0 aliphatic rings. The molecule has 0 bridgehead atoms. The van der Waals surface area contributed by atoms with Gasteiger partial charge in [0.1, 0.15) is 5.75 Å². The fourth-order valence-corrected chi connectivity index (χ4v) is 5.03. The summed E-state index contributed by atoms with van der Waals surface area (Å²) in [5.74, 6) is -0.277. The molecule has 0 amide bonds.